The molecule has 1 unspecified atom stereocenters. The molecule has 1 aliphatic rings. The summed E-state index contributed by atoms with van der Waals surface area (Å²) in [5.41, 5.74) is 4.86. The van der Waals surface area contributed by atoms with E-state index in [0.29, 0.717) is 25.9 Å². The fourth-order valence-electron chi connectivity index (χ4n) is 4.00. The Morgan fingerprint density at radius 3 is 2.82 bits per heavy atom. The van der Waals surface area contributed by atoms with Crippen LogP contribution in [-0.2, 0) is 16.0 Å². The van der Waals surface area contributed by atoms with E-state index in [1.807, 2.05) is 43.2 Å². The topological polar surface area (TPSA) is 79.6 Å². The second-order valence-corrected chi connectivity index (χ2v) is 7.79. The average molecular weight is 386 g/mol. The largest absolute Gasteiger partial charge is 0.356 e. The van der Waals surface area contributed by atoms with Gasteiger partial charge in [-0.05, 0) is 52.0 Å². The van der Waals surface area contributed by atoms with Crippen LogP contribution in [0.15, 0.2) is 6.07 Å². The lowest BCUT2D eigenvalue weighted by molar-refractivity contribution is -0.135. The summed E-state index contributed by atoms with van der Waals surface area (Å²) in [6, 6.07) is 1.96. The Labute approximate surface area is 166 Å². The van der Waals surface area contributed by atoms with Crippen molar-refractivity contribution in [2.75, 3.05) is 19.6 Å². The van der Waals surface area contributed by atoms with Gasteiger partial charge < -0.3 is 10.2 Å². The van der Waals surface area contributed by atoms with Gasteiger partial charge in [0.05, 0.1) is 11.6 Å². The maximum absolute atomic E-state index is 12.8. The Hall–Kier alpha value is -2.44. The number of hydrogen-bond acceptors (Lipinski definition) is 4. The first-order valence-corrected chi connectivity index (χ1v) is 10.3. The number of carbonyl (C=O) groups is 2. The number of hydrogen-bond donors (Lipinski definition) is 1. The molecule has 2 amide bonds. The molecule has 152 valence electrons. The molecule has 0 aromatic carbocycles. The number of rotatable bonds is 6. The van der Waals surface area contributed by atoms with E-state index in [1.54, 1.807) is 0 Å². The molecule has 7 heteroatoms. The molecule has 7 nitrogen and oxygen atoms in total. The first-order valence-electron chi connectivity index (χ1n) is 10.3. The first-order chi connectivity index (χ1) is 13.4. The molecule has 3 rings (SSSR count). The number of aromatic nitrogens is 3. The summed E-state index contributed by atoms with van der Waals surface area (Å²) in [7, 11) is 0. The van der Waals surface area contributed by atoms with Crippen LogP contribution in [0.2, 0.25) is 0 Å². The van der Waals surface area contributed by atoms with Gasteiger partial charge in [-0.2, -0.15) is 5.10 Å². The standard InChI is InChI=1S/C21H31N5O2/c1-5-10-22-21(28)17-7-6-11-25(13-17)20(27)9-8-18-15(3)23-19-12-14(2)24-26(19)16(18)4/h12,17H,5-11,13H2,1-4H3,(H,22,28). The van der Waals surface area contributed by atoms with Gasteiger partial charge in [-0.3, -0.25) is 9.59 Å². The van der Waals surface area contributed by atoms with Crippen molar-refractivity contribution in [2.45, 2.75) is 59.8 Å². The minimum Gasteiger partial charge on any atom is -0.356 e. The van der Waals surface area contributed by atoms with Gasteiger partial charge in [0.15, 0.2) is 5.65 Å². The Bertz CT molecular complexity index is 873. The number of fused-ring (bicyclic) bond motifs is 1. The van der Waals surface area contributed by atoms with Gasteiger partial charge in [0.25, 0.3) is 0 Å². The van der Waals surface area contributed by atoms with Crippen LogP contribution >= 0.6 is 0 Å². The highest BCUT2D eigenvalue weighted by Crippen LogP contribution is 2.20. The second-order valence-electron chi connectivity index (χ2n) is 7.79. The fraction of sp³-hybridized carbons (Fsp3) is 0.619. The Kier molecular flexibility index (Phi) is 6.31. The smallest absolute Gasteiger partial charge is 0.224 e. The van der Waals surface area contributed by atoms with E-state index in [1.165, 1.54) is 0 Å². The van der Waals surface area contributed by atoms with Crippen LogP contribution in [0.1, 0.15) is 55.3 Å². The number of nitrogens with one attached hydrogen (secondary N) is 1. The third kappa shape index (κ3) is 4.34. The Balaban J connectivity index is 1.64. The monoisotopic (exact) mass is 385 g/mol. The second kappa shape index (κ2) is 8.71. The van der Waals surface area contributed by atoms with Gasteiger partial charge in [-0.15, -0.1) is 0 Å². The zero-order valence-electron chi connectivity index (χ0n) is 17.4. The number of carbonyl (C=O) groups excluding carboxylic acids is 2. The zero-order valence-corrected chi connectivity index (χ0v) is 17.4. The fourth-order valence-corrected chi connectivity index (χ4v) is 4.00. The summed E-state index contributed by atoms with van der Waals surface area (Å²) in [5, 5.41) is 7.46. The lowest BCUT2D eigenvalue weighted by atomic mass is 9.96. The molecule has 1 fully saturated rings. The first kappa shape index (κ1) is 20.3. The molecule has 1 atom stereocenters. The van der Waals surface area contributed by atoms with Crippen molar-refractivity contribution in [3.8, 4) is 0 Å². The molecule has 0 aliphatic carbocycles. The van der Waals surface area contributed by atoms with Crippen molar-refractivity contribution < 1.29 is 9.59 Å². The van der Waals surface area contributed by atoms with E-state index >= 15 is 0 Å². The summed E-state index contributed by atoms with van der Waals surface area (Å²) >= 11 is 0. The quantitative estimate of drug-likeness (QED) is 0.828. The molecular formula is C21H31N5O2. The van der Waals surface area contributed by atoms with Crippen LogP contribution in [0.25, 0.3) is 5.65 Å². The van der Waals surface area contributed by atoms with Crippen LogP contribution in [0.5, 0.6) is 0 Å². The Morgan fingerprint density at radius 1 is 1.29 bits per heavy atom. The van der Waals surface area contributed by atoms with Gasteiger partial charge in [-0.1, -0.05) is 6.92 Å². The minimum absolute atomic E-state index is 0.0785. The molecule has 2 aromatic rings. The van der Waals surface area contributed by atoms with Gasteiger partial charge >= 0.3 is 0 Å². The van der Waals surface area contributed by atoms with Crippen LogP contribution in [0, 0.1) is 26.7 Å². The Morgan fingerprint density at radius 2 is 2.07 bits per heavy atom. The van der Waals surface area contributed by atoms with Crippen molar-refractivity contribution in [3.05, 3.63) is 28.7 Å². The van der Waals surface area contributed by atoms with Crippen molar-refractivity contribution in [1.82, 2.24) is 24.8 Å². The van der Waals surface area contributed by atoms with Crippen LogP contribution < -0.4 is 5.32 Å². The SMILES string of the molecule is CCCNC(=O)C1CCCN(C(=O)CCc2c(C)nc3cc(C)nn3c2C)C1. The third-order valence-electron chi connectivity index (χ3n) is 5.57. The molecule has 0 saturated carbocycles. The van der Waals surface area contributed by atoms with E-state index in [4.69, 9.17) is 0 Å². The van der Waals surface area contributed by atoms with Crippen molar-refractivity contribution in [3.63, 3.8) is 0 Å². The highest BCUT2D eigenvalue weighted by molar-refractivity contribution is 5.81. The van der Waals surface area contributed by atoms with Crippen LogP contribution in [0.4, 0.5) is 0 Å². The van der Waals surface area contributed by atoms with E-state index in [-0.39, 0.29) is 17.7 Å². The average Bonchev–Trinajstić information content (AvgIpc) is 3.06. The van der Waals surface area contributed by atoms with Gasteiger partial charge in [0.1, 0.15) is 0 Å². The maximum Gasteiger partial charge on any atom is 0.224 e. The van der Waals surface area contributed by atoms with Crippen LogP contribution in [0.3, 0.4) is 0 Å². The molecule has 28 heavy (non-hydrogen) atoms. The highest BCUT2D eigenvalue weighted by atomic mass is 16.2. The molecule has 1 aliphatic heterocycles. The molecule has 1 N–H and O–H groups in total. The summed E-state index contributed by atoms with van der Waals surface area (Å²) in [4.78, 5) is 31.5. The lowest BCUT2D eigenvalue weighted by Gasteiger charge is -2.32. The van der Waals surface area contributed by atoms with Crippen molar-refractivity contribution in [2.24, 2.45) is 5.92 Å². The molecule has 2 aromatic heterocycles. The lowest BCUT2D eigenvalue weighted by Crippen LogP contribution is -2.45. The number of piperidine rings is 1. The molecule has 0 spiro atoms. The van der Waals surface area contributed by atoms with E-state index in [9.17, 15) is 9.59 Å². The number of nitrogens with zero attached hydrogens (tertiary/aromatic N) is 4. The van der Waals surface area contributed by atoms with E-state index in [0.717, 1.165) is 54.1 Å². The summed E-state index contributed by atoms with van der Waals surface area (Å²) < 4.78 is 1.86. The predicted octanol–water partition coefficient (Wildman–Crippen LogP) is 2.35. The van der Waals surface area contributed by atoms with Crippen LogP contribution in [-0.4, -0.2) is 50.9 Å². The van der Waals surface area contributed by atoms with Gasteiger partial charge in [0, 0.05) is 43.5 Å². The zero-order chi connectivity index (χ0) is 20.3. The normalized spacial score (nSPS) is 17.1. The van der Waals surface area contributed by atoms with Crippen molar-refractivity contribution in [1.29, 1.82) is 0 Å². The van der Waals surface area contributed by atoms with E-state index < -0.39 is 0 Å². The van der Waals surface area contributed by atoms with Gasteiger partial charge in [-0.25, -0.2) is 9.50 Å². The molecule has 1 saturated heterocycles. The number of aryl methyl sites for hydroxylation is 3. The predicted molar refractivity (Wildman–Crippen MR) is 108 cm³/mol. The molecule has 0 bridgehead atoms. The maximum atomic E-state index is 12.8. The summed E-state index contributed by atoms with van der Waals surface area (Å²) in [6.45, 7) is 9.98. The third-order valence-corrected chi connectivity index (χ3v) is 5.57. The van der Waals surface area contributed by atoms with Crippen molar-refractivity contribution >= 4 is 17.5 Å². The molecule has 0 radical (unpaired) electrons. The van der Waals surface area contributed by atoms with Gasteiger partial charge in [0.2, 0.25) is 11.8 Å². The minimum atomic E-state index is -0.0854. The summed E-state index contributed by atoms with van der Waals surface area (Å²) in [5.74, 6) is 0.107. The summed E-state index contributed by atoms with van der Waals surface area (Å²) in [6.07, 6.45) is 3.73. The molecule has 3 heterocycles. The number of amides is 2. The molecular weight excluding hydrogens is 354 g/mol. The number of likely N-dealkylation sites (tertiary alicyclic amines) is 1. The highest BCUT2D eigenvalue weighted by Gasteiger charge is 2.28. The van der Waals surface area contributed by atoms with E-state index in [2.05, 4.69) is 15.4 Å².